The number of nitrogens with zero attached hydrogens (tertiary/aromatic N) is 2. The second-order valence-electron chi connectivity index (χ2n) is 9.70. The first kappa shape index (κ1) is 27.9. The number of rotatable bonds is 8. The highest BCUT2D eigenvalue weighted by Crippen LogP contribution is 2.37. The molecule has 1 aliphatic rings. The van der Waals surface area contributed by atoms with Gasteiger partial charge in [-0.05, 0) is 68.7 Å². The van der Waals surface area contributed by atoms with Crippen molar-refractivity contribution >= 4 is 39.3 Å². The van der Waals surface area contributed by atoms with Gasteiger partial charge in [-0.3, -0.25) is 9.36 Å². The van der Waals surface area contributed by atoms with Crippen LogP contribution in [0.1, 0.15) is 51.8 Å². The lowest BCUT2D eigenvalue weighted by Gasteiger charge is -2.26. The van der Waals surface area contributed by atoms with Gasteiger partial charge in [0.1, 0.15) is 17.5 Å². The predicted octanol–water partition coefficient (Wildman–Crippen LogP) is 4.99. The Bertz CT molecular complexity index is 1550. The third-order valence-electron chi connectivity index (χ3n) is 5.83. The number of hydrogen-bond acceptors (Lipinski definition) is 7. The lowest BCUT2D eigenvalue weighted by Crippen LogP contribution is -2.40. The van der Waals surface area contributed by atoms with E-state index < -0.39 is 12.0 Å². The lowest BCUT2D eigenvalue weighted by molar-refractivity contribution is -0.143. The number of carbonyl (C=O) groups is 1. The maximum absolute atomic E-state index is 13.9. The Balaban J connectivity index is 1.87. The Morgan fingerprint density at radius 3 is 2.50 bits per heavy atom. The van der Waals surface area contributed by atoms with E-state index in [2.05, 4.69) is 34.8 Å². The summed E-state index contributed by atoms with van der Waals surface area (Å²) in [6.45, 7) is 10.2. The molecule has 0 saturated carbocycles. The van der Waals surface area contributed by atoms with Gasteiger partial charge in [-0.1, -0.05) is 53.2 Å². The van der Waals surface area contributed by atoms with Crippen molar-refractivity contribution in [2.24, 2.45) is 10.9 Å². The molecule has 4 rings (SSSR count). The van der Waals surface area contributed by atoms with E-state index in [1.54, 1.807) is 38.5 Å². The van der Waals surface area contributed by atoms with Crippen molar-refractivity contribution in [3.8, 4) is 11.5 Å². The van der Waals surface area contributed by atoms with Crippen LogP contribution in [0.15, 0.2) is 68.0 Å². The topological polar surface area (TPSA) is 79.1 Å². The van der Waals surface area contributed by atoms with E-state index >= 15 is 0 Å². The number of thiazole rings is 1. The fraction of sp³-hybridized carbons (Fsp3) is 0.345. The summed E-state index contributed by atoms with van der Waals surface area (Å²) in [6.07, 6.45) is 1.50. The van der Waals surface area contributed by atoms with Gasteiger partial charge >= 0.3 is 5.97 Å². The van der Waals surface area contributed by atoms with Crippen LogP contribution in [0.4, 0.5) is 0 Å². The Morgan fingerprint density at radius 2 is 1.87 bits per heavy atom. The quantitative estimate of drug-likeness (QED) is 0.341. The first-order valence-corrected chi connectivity index (χ1v) is 14.0. The Labute approximate surface area is 234 Å². The summed E-state index contributed by atoms with van der Waals surface area (Å²) in [5, 5.41) is 0. The fourth-order valence-corrected chi connectivity index (χ4v) is 5.57. The molecule has 0 bridgehead atoms. The zero-order valence-electron chi connectivity index (χ0n) is 22.3. The highest BCUT2D eigenvalue weighted by molar-refractivity contribution is 9.10. The number of esters is 1. The molecule has 0 N–H and O–H groups in total. The number of aromatic nitrogens is 1. The third kappa shape index (κ3) is 5.94. The Kier molecular flexibility index (Phi) is 8.57. The van der Waals surface area contributed by atoms with Gasteiger partial charge in [0.2, 0.25) is 0 Å². The van der Waals surface area contributed by atoms with Gasteiger partial charge in [-0.2, -0.15) is 0 Å². The molecule has 2 heterocycles. The monoisotopic (exact) mass is 598 g/mol. The molecule has 2 aromatic carbocycles. The van der Waals surface area contributed by atoms with E-state index in [0.717, 1.165) is 15.8 Å². The number of methoxy groups -OCH3 is 1. The average Bonchev–Trinajstić information content (AvgIpc) is 3.16. The van der Waals surface area contributed by atoms with Crippen LogP contribution in [-0.4, -0.2) is 30.4 Å². The zero-order chi connectivity index (χ0) is 27.6. The molecule has 0 aliphatic carbocycles. The molecular formula is C29H31BrN2O5S. The summed E-state index contributed by atoms with van der Waals surface area (Å²) in [4.78, 5) is 32.3. The summed E-state index contributed by atoms with van der Waals surface area (Å²) in [6, 6.07) is 12.4. The third-order valence-corrected chi connectivity index (χ3v) is 7.31. The van der Waals surface area contributed by atoms with E-state index in [-0.39, 0.29) is 11.7 Å². The molecule has 7 nitrogen and oxygen atoms in total. The van der Waals surface area contributed by atoms with Crippen LogP contribution in [0.5, 0.6) is 11.5 Å². The van der Waals surface area contributed by atoms with Crippen LogP contribution in [0.2, 0.25) is 0 Å². The molecule has 3 aromatic rings. The molecule has 1 atom stereocenters. The van der Waals surface area contributed by atoms with Crippen molar-refractivity contribution in [2.45, 2.75) is 46.8 Å². The first-order valence-electron chi connectivity index (χ1n) is 12.4. The van der Waals surface area contributed by atoms with Crippen molar-refractivity contribution in [1.82, 2.24) is 4.57 Å². The molecule has 0 fully saturated rings. The number of carbonyl (C=O) groups excluding carboxylic acids is 1. The minimum Gasteiger partial charge on any atom is -0.496 e. The number of fused-ring (bicyclic) bond motifs is 1. The van der Waals surface area contributed by atoms with Crippen LogP contribution < -0.4 is 24.4 Å². The Hall–Kier alpha value is -3.17. The largest absolute Gasteiger partial charge is 0.496 e. The van der Waals surface area contributed by atoms with Gasteiger partial charge in [0.25, 0.3) is 5.56 Å². The van der Waals surface area contributed by atoms with Crippen molar-refractivity contribution in [1.29, 1.82) is 0 Å². The SMILES string of the molecule is COc1ccc(Br)cc1[C@H]1C(C(=O)OC(C)C)=C(C)N=c2s/c(=C\c3ccc(OCC(C)C)cc3)c(=O)n21. The van der Waals surface area contributed by atoms with Crippen molar-refractivity contribution in [3.05, 3.63) is 89.0 Å². The number of allylic oxidation sites excluding steroid dienone is 1. The standard InChI is InChI=1S/C29H31BrN2O5S/c1-16(2)15-36-21-10-7-19(8-11-21)13-24-27(33)32-26(22-14-20(30)9-12-23(22)35-6)25(28(34)37-17(3)4)18(5)31-29(32)38-24/h7-14,16-17,26H,15H2,1-6H3/b24-13-/t26-/m0/s1. The van der Waals surface area contributed by atoms with Gasteiger partial charge < -0.3 is 14.2 Å². The van der Waals surface area contributed by atoms with Gasteiger partial charge in [0, 0.05) is 10.0 Å². The van der Waals surface area contributed by atoms with E-state index in [9.17, 15) is 9.59 Å². The number of benzene rings is 2. The molecule has 38 heavy (non-hydrogen) atoms. The van der Waals surface area contributed by atoms with Crippen LogP contribution in [-0.2, 0) is 9.53 Å². The minimum absolute atomic E-state index is 0.247. The van der Waals surface area contributed by atoms with Gasteiger partial charge in [-0.25, -0.2) is 9.79 Å². The highest BCUT2D eigenvalue weighted by Gasteiger charge is 2.35. The molecule has 1 aliphatic heterocycles. The van der Waals surface area contributed by atoms with Crippen LogP contribution in [0.25, 0.3) is 6.08 Å². The van der Waals surface area contributed by atoms with E-state index in [1.807, 2.05) is 42.5 Å². The summed E-state index contributed by atoms with van der Waals surface area (Å²) in [5.74, 6) is 1.25. The second kappa shape index (κ2) is 11.7. The van der Waals surface area contributed by atoms with E-state index in [0.29, 0.717) is 44.4 Å². The van der Waals surface area contributed by atoms with Gasteiger partial charge in [-0.15, -0.1) is 0 Å². The summed E-state index contributed by atoms with van der Waals surface area (Å²) in [5.41, 5.74) is 2.08. The molecule has 0 unspecified atom stereocenters. The van der Waals surface area contributed by atoms with Crippen LogP contribution in [0, 0.1) is 5.92 Å². The maximum atomic E-state index is 13.9. The zero-order valence-corrected chi connectivity index (χ0v) is 24.7. The van der Waals surface area contributed by atoms with Crippen LogP contribution in [0.3, 0.4) is 0 Å². The fourth-order valence-electron chi connectivity index (χ4n) is 4.15. The molecule has 0 amide bonds. The molecule has 9 heteroatoms. The smallest absolute Gasteiger partial charge is 0.338 e. The summed E-state index contributed by atoms with van der Waals surface area (Å²) >= 11 is 4.81. The van der Waals surface area contributed by atoms with E-state index in [4.69, 9.17) is 14.2 Å². The molecule has 0 spiro atoms. The second-order valence-corrected chi connectivity index (χ2v) is 11.6. The predicted molar refractivity (Wildman–Crippen MR) is 152 cm³/mol. The van der Waals surface area contributed by atoms with Crippen molar-refractivity contribution in [2.75, 3.05) is 13.7 Å². The molecule has 0 saturated heterocycles. The Morgan fingerprint density at radius 1 is 1.16 bits per heavy atom. The molecule has 0 radical (unpaired) electrons. The minimum atomic E-state index is -0.765. The highest BCUT2D eigenvalue weighted by atomic mass is 79.9. The lowest BCUT2D eigenvalue weighted by atomic mass is 9.95. The van der Waals surface area contributed by atoms with Crippen molar-refractivity contribution in [3.63, 3.8) is 0 Å². The molecule has 200 valence electrons. The molecule has 1 aromatic heterocycles. The summed E-state index contributed by atoms with van der Waals surface area (Å²) in [7, 11) is 1.56. The first-order chi connectivity index (χ1) is 18.1. The maximum Gasteiger partial charge on any atom is 0.338 e. The molecular weight excluding hydrogens is 568 g/mol. The average molecular weight is 600 g/mol. The van der Waals surface area contributed by atoms with Gasteiger partial charge in [0.15, 0.2) is 4.80 Å². The van der Waals surface area contributed by atoms with E-state index in [1.165, 1.54) is 11.3 Å². The summed E-state index contributed by atoms with van der Waals surface area (Å²) < 4.78 is 19.9. The number of ether oxygens (including phenoxy) is 3. The normalized spacial score (nSPS) is 15.5. The van der Waals surface area contributed by atoms with Crippen molar-refractivity contribution < 1.29 is 19.0 Å². The number of halogens is 1. The van der Waals surface area contributed by atoms with Gasteiger partial charge in [0.05, 0.1) is 35.6 Å². The number of hydrogen-bond donors (Lipinski definition) is 0. The van der Waals surface area contributed by atoms with Crippen LogP contribution >= 0.6 is 27.3 Å².